The molecule has 0 saturated heterocycles. The number of hydrogen-bond donors (Lipinski definition) is 0. The molecular formula is C8H10N2O. The number of aromatic nitrogens is 2. The van der Waals surface area contributed by atoms with Crippen molar-refractivity contribution in [3.63, 3.8) is 0 Å². The molecule has 1 aromatic rings. The van der Waals surface area contributed by atoms with Gasteiger partial charge in [-0.3, -0.25) is 9.48 Å². The number of carbonyl (C=O) groups excluding carboxylic acids is 1. The van der Waals surface area contributed by atoms with Crippen LogP contribution in [0.25, 0.3) is 0 Å². The minimum atomic E-state index is 0.255. The van der Waals surface area contributed by atoms with Crippen molar-refractivity contribution in [3.05, 3.63) is 17.0 Å². The molecule has 0 N–H and O–H groups in total. The Hall–Kier alpha value is -1.12. The number of rotatable bonds is 0. The first-order valence-electron chi connectivity index (χ1n) is 3.76. The Labute approximate surface area is 65.0 Å². The minimum Gasteiger partial charge on any atom is -0.294 e. The van der Waals surface area contributed by atoms with Crippen molar-refractivity contribution in [1.29, 1.82) is 0 Å². The number of nitrogens with zero attached hydrogens (tertiary/aromatic N) is 2. The van der Waals surface area contributed by atoms with Crippen LogP contribution in [0.1, 0.15) is 28.2 Å². The summed E-state index contributed by atoms with van der Waals surface area (Å²) in [4.78, 5) is 11.2. The lowest BCUT2D eigenvalue weighted by Gasteiger charge is -1.94. The Morgan fingerprint density at radius 3 is 2.82 bits per heavy atom. The van der Waals surface area contributed by atoms with Crippen LogP contribution in [0.2, 0.25) is 0 Å². The minimum absolute atomic E-state index is 0.255. The standard InChI is InChI=1S/C8H10N2O/c1-5-8-6(9-10(5)2)3-4-7(8)11/h3-4H2,1-2H3. The third-order valence-corrected chi connectivity index (χ3v) is 2.27. The molecule has 2 rings (SSSR count). The molecule has 0 atom stereocenters. The predicted octanol–water partition coefficient (Wildman–Crippen LogP) is 0.857. The van der Waals surface area contributed by atoms with Crippen molar-refractivity contribution < 1.29 is 4.79 Å². The van der Waals surface area contributed by atoms with Gasteiger partial charge in [-0.05, 0) is 13.3 Å². The number of Topliss-reactive ketones (excluding diaryl/α,β-unsaturated/α-hetero) is 1. The molecule has 0 unspecified atom stereocenters. The van der Waals surface area contributed by atoms with E-state index in [9.17, 15) is 4.79 Å². The highest BCUT2D eigenvalue weighted by Gasteiger charge is 2.25. The van der Waals surface area contributed by atoms with Crippen molar-refractivity contribution in [1.82, 2.24) is 9.78 Å². The Kier molecular flexibility index (Phi) is 1.16. The Balaban J connectivity index is 2.67. The number of carbonyl (C=O) groups is 1. The SMILES string of the molecule is Cc1c2c(nn1C)CCC2=O. The molecule has 58 valence electrons. The molecule has 0 aliphatic heterocycles. The Morgan fingerprint density at radius 2 is 2.18 bits per heavy atom. The summed E-state index contributed by atoms with van der Waals surface area (Å²) >= 11 is 0. The van der Waals surface area contributed by atoms with Crippen LogP contribution in [0.5, 0.6) is 0 Å². The smallest absolute Gasteiger partial charge is 0.166 e. The van der Waals surface area contributed by atoms with E-state index in [1.807, 2.05) is 14.0 Å². The summed E-state index contributed by atoms with van der Waals surface area (Å²) in [5, 5.41) is 4.24. The van der Waals surface area contributed by atoms with Crippen LogP contribution in [0.15, 0.2) is 0 Å². The molecule has 3 nitrogen and oxygen atoms in total. The summed E-state index contributed by atoms with van der Waals surface area (Å²) in [7, 11) is 1.88. The fourth-order valence-electron chi connectivity index (χ4n) is 1.57. The zero-order valence-corrected chi connectivity index (χ0v) is 6.72. The van der Waals surface area contributed by atoms with Gasteiger partial charge in [-0.1, -0.05) is 0 Å². The van der Waals surface area contributed by atoms with E-state index in [1.54, 1.807) is 4.68 Å². The number of ketones is 1. The van der Waals surface area contributed by atoms with Gasteiger partial charge in [-0.15, -0.1) is 0 Å². The van der Waals surface area contributed by atoms with Gasteiger partial charge in [-0.25, -0.2) is 0 Å². The van der Waals surface area contributed by atoms with Gasteiger partial charge >= 0.3 is 0 Å². The van der Waals surface area contributed by atoms with E-state index < -0.39 is 0 Å². The predicted molar refractivity (Wildman–Crippen MR) is 40.6 cm³/mol. The number of hydrogen-bond acceptors (Lipinski definition) is 2. The average Bonchev–Trinajstić information content (AvgIpc) is 2.41. The fourth-order valence-corrected chi connectivity index (χ4v) is 1.57. The van der Waals surface area contributed by atoms with Crippen LogP contribution in [0.4, 0.5) is 0 Å². The second kappa shape index (κ2) is 1.94. The van der Waals surface area contributed by atoms with Gasteiger partial charge in [0.2, 0.25) is 0 Å². The summed E-state index contributed by atoms with van der Waals surface area (Å²) in [6.45, 7) is 1.94. The molecule has 1 aromatic heterocycles. The van der Waals surface area contributed by atoms with Gasteiger partial charge in [0.05, 0.1) is 11.3 Å². The normalized spacial score (nSPS) is 15.6. The van der Waals surface area contributed by atoms with E-state index in [0.29, 0.717) is 6.42 Å². The molecule has 1 heterocycles. The number of fused-ring (bicyclic) bond motifs is 1. The van der Waals surface area contributed by atoms with Crippen LogP contribution in [0, 0.1) is 6.92 Å². The molecule has 1 aliphatic rings. The Morgan fingerprint density at radius 1 is 1.45 bits per heavy atom. The van der Waals surface area contributed by atoms with E-state index in [1.165, 1.54) is 0 Å². The van der Waals surface area contributed by atoms with Crippen LogP contribution in [-0.2, 0) is 13.5 Å². The van der Waals surface area contributed by atoms with E-state index in [2.05, 4.69) is 5.10 Å². The van der Waals surface area contributed by atoms with Crippen LogP contribution in [-0.4, -0.2) is 15.6 Å². The summed E-state index contributed by atoms with van der Waals surface area (Å²) in [5.74, 6) is 0.255. The summed E-state index contributed by atoms with van der Waals surface area (Å²) in [6, 6.07) is 0. The molecule has 0 amide bonds. The average molecular weight is 150 g/mol. The highest BCUT2D eigenvalue weighted by molar-refractivity contribution is 6.00. The monoisotopic (exact) mass is 150 g/mol. The summed E-state index contributed by atoms with van der Waals surface area (Å²) in [5.41, 5.74) is 2.85. The number of aryl methyl sites for hydroxylation is 2. The van der Waals surface area contributed by atoms with Crippen molar-refractivity contribution in [2.45, 2.75) is 19.8 Å². The lowest BCUT2D eigenvalue weighted by Crippen LogP contribution is -1.99. The first-order valence-corrected chi connectivity index (χ1v) is 3.76. The molecule has 3 heteroatoms. The first kappa shape index (κ1) is 6.58. The molecular weight excluding hydrogens is 140 g/mol. The van der Waals surface area contributed by atoms with E-state index in [-0.39, 0.29) is 5.78 Å². The molecule has 11 heavy (non-hydrogen) atoms. The van der Waals surface area contributed by atoms with Gasteiger partial charge in [0, 0.05) is 19.2 Å². The van der Waals surface area contributed by atoms with E-state index >= 15 is 0 Å². The second-order valence-electron chi connectivity index (χ2n) is 2.95. The molecule has 0 bridgehead atoms. The van der Waals surface area contributed by atoms with Crippen molar-refractivity contribution in [2.75, 3.05) is 0 Å². The van der Waals surface area contributed by atoms with Gasteiger partial charge < -0.3 is 0 Å². The van der Waals surface area contributed by atoms with Crippen LogP contribution < -0.4 is 0 Å². The third-order valence-electron chi connectivity index (χ3n) is 2.27. The third kappa shape index (κ3) is 0.737. The molecule has 0 fully saturated rings. The maximum Gasteiger partial charge on any atom is 0.166 e. The van der Waals surface area contributed by atoms with Gasteiger partial charge in [0.15, 0.2) is 5.78 Å². The zero-order valence-electron chi connectivity index (χ0n) is 6.72. The topological polar surface area (TPSA) is 34.9 Å². The maximum absolute atomic E-state index is 11.2. The lowest BCUT2D eigenvalue weighted by atomic mass is 10.2. The summed E-state index contributed by atoms with van der Waals surface area (Å²) < 4.78 is 1.78. The fraction of sp³-hybridized carbons (Fsp3) is 0.500. The van der Waals surface area contributed by atoms with Crippen molar-refractivity contribution in [3.8, 4) is 0 Å². The Bertz CT molecular complexity index is 325. The molecule has 1 aliphatic carbocycles. The van der Waals surface area contributed by atoms with Crippen LogP contribution in [0.3, 0.4) is 0 Å². The molecule has 0 spiro atoms. The van der Waals surface area contributed by atoms with Crippen molar-refractivity contribution >= 4 is 5.78 Å². The maximum atomic E-state index is 11.2. The lowest BCUT2D eigenvalue weighted by molar-refractivity contribution is 0.0993. The van der Waals surface area contributed by atoms with Crippen LogP contribution >= 0.6 is 0 Å². The highest BCUT2D eigenvalue weighted by atomic mass is 16.1. The molecule has 0 radical (unpaired) electrons. The van der Waals surface area contributed by atoms with E-state index in [0.717, 1.165) is 23.4 Å². The van der Waals surface area contributed by atoms with Gasteiger partial charge in [-0.2, -0.15) is 5.10 Å². The zero-order chi connectivity index (χ0) is 8.01. The highest BCUT2D eigenvalue weighted by Crippen LogP contribution is 2.23. The largest absolute Gasteiger partial charge is 0.294 e. The van der Waals surface area contributed by atoms with Gasteiger partial charge in [0.1, 0.15) is 0 Å². The first-order chi connectivity index (χ1) is 5.20. The van der Waals surface area contributed by atoms with Crippen molar-refractivity contribution in [2.24, 2.45) is 7.05 Å². The molecule has 0 aromatic carbocycles. The summed E-state index contributed by atoms with van der Waals surface area (Å²) in [6.07, 6.45) is 1.48. The quantitative estimate of drug-likeness (QED) is 0.549. The second-order valence-corrected chi connectivity index (χ2v) is 2.95. The van der Waals surface area contributed by atoms with E-state index in [4.69, 9.17) is 0 Å². The van der Waals surface area contributed by atoms with Gasteiger partial charge in [0.25, 0.3) is 0 Å². The molecule has 0 saturated carbocycles.